The SMILES string of the molecule is Nc1ccccc1O.[K]. The first-order valence-corrected chi connectivity index (χ1v) is 2.34. The summed E-state index contributed by atoms with van der Waals surface area (Å²) in [5, 5.41) is 8.79. The Morgan fingerprint density at radius 2 is 1.78 bits per heavy atom. The van der Waals surface area contributed by atoms with Gasteiger partial charge < -0.3 is 10.8 Å². The van der Waals surface area contributed by atoms with E-state index in [-0.39, 0.29) is 57.1 Å². The molecule has 1 aromatic rings. The van der Waals surface area contributed by atoms with Crippen molar-refractivity contribution in [1.82, 2.24) is 0 Å². The van der Waals surface area contributed by atoms with Crippen molar-refractivity contribution in [2.45, 2.75) is 0 Å². The number of nitrogens with two attached hydrogens (primary N) is 1. The molecule has 3 heteroatoms. The van der Waals surface area contributed by atoms with Crippen LogP contribution in [0.4, 0.5) is 5.69 Å². The molecule has 0 amide bonds. The molecule has 1 radical (unpaired) electrons. The molecular formula is C6H7KNO. The van der Waals surface area contributed by atoms with E-state index in [1.54, 1.807) is 24.3 Å². The molecule has 2 nitrogen and oxygen atoms in total. The number of hydrogen-bond donors (Lipinski definition) is 2. The molecular weight excluding hydrogens is 141 g/mol. The van der Waals surface area contributed by atoms with Crippen LogP contribution in [0.1, 0.15) is 0 Å². The van der Waals surface area contributed by atoms with E-state index < -0.39 is 0 Å². The second kappa shape index (κ2) is 4.30. The second-order valence-corrected chi connectivity index (χ2v) is 1.56. The summed E-state index contributed by atoms with van der Waals surface area (Å²) in [4.78, 5) is 0. The van der Waals surface area contributed by atoms with Gasteiger partial charge in [0, 0.05) is 51.4 Å². The molecule has 0 bridgehead atoms. The van der Waals surface area contributed by atoms with Gasteiger partial charge in [0.1, 0.15) is 5.75 Å². The van der Waals surface area contributed by atoms with Crippen LogP contribution in [0.25, 0.3) is 0 Å². The molecule has 0 aliphatic carbocycles. The van der Waals surface area contributed by atoms with Crippen LogP contribution in [0.15, 0.2) is 24.3 Å². The molecule has 0 fully saturated rings. The van der Waals surface area contributed by atoms with Crippen LogP contribution in [0.2, 0.25) is 0 Å². The van der Waals surface area contributed by atoms with E-state index in [1.807, 2.05) is 0 Å². The van der Waals surface area contributed by atoms with Gasteiger partial charge >= 0.3 is 0 Å². The van der Waals surface area contributed by atoms with Crippen LogP contribution in [0.5, 0.6) is 5.75 Å². The average Bonchev–Trinajstić information content (AvgIpc) is 1.77. The van der Waals surface area contributed by atoms with Gasteiger partial charge in [0.05, 0.1) is 5.69 Å². The number of anilines is 1. The van der Waals surface area contributed by atoms with Crippen molar-refractivity contribution in [3.05, 3.63) is 24.3 Å². The normalized spacial score (nSPS) is 8.00. The quantitative estimate of drug-likeness (QED) is 0.321. The molecule has 1 aromatic carbocycles. The monoisotopic (exact) mass is 148 g/mol. The molecule has 3 N–H and O–H groups in total. The van der Waals surface area contributed by atoms with Crippen LogP contribution < -0.4 is 5.73 Å². The van der Waals surface area contributed by atoms with Crippen molar-refractivity contribution >= 4 is 57.1 Å². The summed E-state index contributed by atoms with van der Waals surface area (Å²) in [7, 11) is 0. The van der Waals surface area contributed by atoms with Gasteiger partial charge in [-0.25, -0.2) is 0 Å². The third-order valence-corrected chi connectivity index (χ3v) is 0.937. The summed E-state index contributed by atoms with van der Waals surface area (Å²) in [5.74, 6) is 0.146. The zero-order chi connectivity index (χ0) is 5.98. The summed E-state index contributed by atoms with van der Waals surface area (Å²) < 4.78 is 0. The number of para-hydroxylation sites is 2. The average molecular weight is 148 g/mol. The third-order valence-electron chi connectivity index (χ3n) is 0.937. The van der Waals surface area contributed by atoms with E-state index in [4.69, 9.17) is 10.8 Å². The molecule has 0 atom stereocenters. The Hall–Kier alpha value is 0.456. The summed E-state index contributed by atoms with van der Waals surface area (Å²) in [5.41, 5.74) is 5.69. The van der Waals surface area contributed by atoms with E-state index >= 15 is 0 Å². The maximum Gasteiger partial charge on any atom is 0.138 e. The van der Waals surface area contributed by atoms with Gasteiger partial charge in [0.2, 0.25) is 0 Å². The van der Waals surface area contributed by atoms with Gasteiger partial charge in [0.15, 0.2) is 0 Å². The van der Waals surface area contributed by atoms with E-state index in [9.17, 15) is 0 Å². The molecule has 1 rings (SSSR count). The van der Waals surface area contributed by atoms with Crippen LogP contribution >= 0.6 is 0 Å². The summed E-state index contributed by atoms with van der Waals surface area (Å²) in [6.45, 7) is 0. The van der Waals surface area contributed by atoms with Crippen LogP contribution in [0, 0.1) is 0 Å². The standard InChI is InChI=1S/C6H7NO.K/c7-5-3-1-2-4-6(5)8;/h1-4,8H,7H2;. The van der Waals surface area contributed by atoms with E-state index in [2.05, 4.69) is 0 Å². The zero-order valence-corrected chi connectivity index (χ0v) is 8.46. The molecule has 0 heterocycles. The Morgan fingerprint density at radius 1 is 1.22 bits per heavy atom. The van der Waals surface area contributed by atoms with E-state index in [0.717, 1.165) is 0 Å². The predicted octanol–water partition coefficient (Wildman–Crippen LogP) is 0.594. The van der Waals surface area contributed by atoms with Crippen molar-refractivity contribution < 1.29 is 5.11 Å². The van der Waals surface area contributed by atoms with Crippen LogP contribution in [-0.4, -0.2) is 56.5 Å². The molecule has 0 aliphatic rings. The zero-order valence-electron chi connectivity index (χ0n) is 5.33. The fraction of sp³-hybridized carbons (Fsp3) is 0. The molecule has 0 saturated heterocycles. The van der Waals surface area contributed by atoms with Gasteiger partial charge in [-0.1, -0.05) is 12.1 Å². The first-order valence-electron chi connectivity index (χ1n) is 2.34. The van der Waals surface area contributed by atoms with E-state index in [1.165, 1.54) is 0 Å². The van der Waals surface area contributed by atoms with Crippen molar-refractivity contribution in [2.24, 2.45) is 0 Å². The third kappa shape index (κ3) is 2.69. The van der Waals surface area contributed by atoms with Gasteiger partial charge in [-0.15, -0.1) is 0 Å². The van der Waals surface area contributed by atoms with Crippen molar-refractivity contribution in [1.29, 1.82) is 0 Å². The number of benzene rings is 1. The number of hydrogen-bond acceptors (Lipinski definition) is 2. The Morgan fingerprint density at radius 3 is 2.11 bits per heavy atom. The number of nitrogen functional groups attached to an aromatic ring is 1. The molecule has 0 spiro atoms. The minimum absolute atomic E-state index is 0. The molecule has 0 aliphatic heterocycles. The molecule has 43 valence electrons. The second-order valence-electron chi connectivity index (χ2n) is 1.56. The largest absolute Gasteiger partial charge is 0.506 e. The fourth-order valence-electron chi connectivity index (χ4n) is 0.488. The number of rotatable bonds is 0. The molecule has 0 aromatic heterocycles. The minimum atomic E-state index is 0. The van der Waals surface area contributed by atoms with Gasteiger partial charge in [-0.2, -0.15) is 0 Å². The number of aromatic hydroxyl groups is 1. The van der Waals surface area contributed by atoms with Crippen molar-refractivity contribution in [3.63, 3.8) is 0 Å². The topological polar surface area (TPSA) is 46.2 Å². The maximum absolute atomic E-state index is 8.79. The van der Waals surface area contributed by atoms with Gasteiger partial charge in [0.25, 0.3) is 0 Å². The van der Waals surface area contributed by atoms with Gasteiger partial charge in [-0.05, 0) is 12.1 Å². The van der Waals surface area contributed by atoms with E-state index in [0.29, 0.717) is 5.69 Å². The number of phenolic OH excluding ortho intramolecular Hbond substituents is 1. The Kier molecular flexibility index (Phi) is 4.52. The minimum Gasteiger partial charge on any atom is -0.506 e. The molecule has 0 saturated carbocycles. The van der Waals surface area contributed by atoms with Crippen LogP contribution in [0.3, 0.4) is 0 Å². The molecule has 0 unspecified atom stereocenters. The maximum atomic E-state index is 8.79. The number of phenols is 1. The van der Waals surface area contributed by atoms with Crippen LogP contribution in [-0.2, 0) is 0 Å². The Balaban J connectivity index is 0.000000640. The smallest absolute Gasteiger partial charge is 0.138 e. The Labute approximate surface area is 96.5 Å². The first kappa shape index (κ1) is 9.46. The van der Waals surface area contributed by atoms with Crippen molar-refractivity contribution in [3.8, 4) is 5.75 Å². The van der Waals surface area contributed by atoms with Gasteiger partial charge in [-0.3, -0.25) is 0 Å². The summed E-state index contributed by atoms with van der Waals surface area (Å²) in [6.07, 6.45) is 0. The first-order chi connectivity index (χ1) is 3.80. The Bertz CT molecular complexity index is 169. The predicted molar refractivity (Wildman–Crippen MR) is 38.3 cm³/mol. The summed E-state index contributed by atoms with van der Waals surface area (Å²) >= 11 is 0. The molecule has 9 heavy (non-hydrogen) atoms. The fourth-order valence-corrected chi connectivity index (χ4v) is 0.488. The van der Waals surface area contributed by atoms with Crippen molar-refractivity contribution in [2.75, 3.05) is 5.73 Å². The summed E-state index contributed by atoms with van der Waals surface area (Å²) in [6, 6.07) is 6.70.